The number of rotatable bonds is 3. The monoisotopic (exact) mass is 324 g/mol. The van der Waals surface area contributed by atoms with Crippen LogP contribution in [0, 0.1) is 5.92 Å². The Kier molecular flexibility index (Phi) is 4.13. The minimum Gasteiger partial charge on any atom is -0.388 e. The van der Waals surface area contributed by atoms with E-state index >= 15 is 0 Å². The van der Waals surface area contributed by atoms with Gasteiger partial charge in [-0.1, -0.05) is 47.6 Å². The fourth-order valence-corrected chi connectivity index (χ4v) is 3.96. The molecule has 4 heteroatoms. The predicted molar refractivity (Wildman–Crippen MR) is 93.7 cm³/mol. The summed E-state index contributed by atoms with van der Waals surface area (Å²) in [6.45, 7) is 1.57. The van der Waals surface area contributed by atoms with Gasteiger partial charge in [-0.25, -0.2) is 0 Å². The van der Waals surface area contributed by atoms with E-state index < -0.39 is 0 Å². The maximum atomic E-state index is 12.5. The van der Waals surface area contributed by atoms with Crippen LogP contribution < -0.4 is 0 Å². The van der Waals surface area contributed by atoms with Crippen molar-refractivity contribution in [2.24, 2.45) is 11.1 Å². The Morgan fingerprint density at radius 3 is 2.75 bits per heavy atom. The van der Waals surface area contributed by atoms with Crippen LogP contribution in [0.25, 0.3) is 0 Å². The van der Waals surface area contributed by atoms with Crippen LogP contribution in [0.1, 0.15) is 44.1 Å². The summed E-state index contributed by atoms with van der Waals surface area (Å²) < 4.78 is 0. The average Bonchev–Trinajstić information content (AvgIpc) is 3.27. The molecule has 1 aromatic carbocycles. The van der Waals surface area contributed by atoms with Crippen LogP contribution in [0.4, 0.5) is 0 Å². The number of hydrogen-bond donors (Lipinski definition) is 0. The molecule has 24 heavy (non-hydrogen) atoms. The normalized spacial score (nSPS) is 24.9. The topological polar surface area (TPSA) is 41.9 Å². The highest BCUT2D eigenvalue weighted by atomic mass is 16.7. The molecule has 4 rings (SSSR count). The fourth-order valence-electron chi connectivity index (χ4n) is 3.96. The first-order valence-electron chi connectivity index (χ1n) is 8.99. The van der Waals surface area contributed by atoms with Gasteiger partial charge in [-0.3, -0.25) is 4.79 Å². The molecule has 0 unspecified atom stereocenters. The second-order valence-electron chi connectivity index (χ2n) is 7.21. The van der Waals surface area contributed by atoms with Crippen molar-refractivity contribution < 1.29 is 9.63 Å². The number of allylic oxidation sites excluding steroid dienone is 2. The van der Waals surface area contributed by atoms with Crippen LogP contribution in [0.5, 0.6) is 0 Å². The van der Waals surface area contributed by atoms with E-state index in [-0.39, 0.29) is 5.60 Å². The molecular formula is C20H24N2O2. The van der Waals surface area contributed by atoms with Gasteiger partial charge in [-0.05, 0) is 24.3 Å². The summed E-state index contributed by atoms with van der Waals surface area (Å²) in [5.41, 5.74) is 1.97. The molecule has 2 heterocycles. The third-order valence-corrected chi connectivity index (χ3v) is 5.52. The molecule has 126 valence electrons. The van der Waals surface area contributed by atoms with Crippen LogP contribution in [0.3, 0.4) is 0 Å². The Balaban J connectivity index is 1.32. The maximum absolute atomic E-state index is 12.5. The van der Waals surface area contributed by atoms with Gasteiger partial charge in [-0.15, -0.1) is 0 Å². The molecule has 2 aliphatic heterocycles. The summed E-state index contributed by atoms with van der Waals surface area (Å²) in [5.74, 6) is 0.743. The highest BCUT2D eigenvalue weighted by Gasteiger charge is 2.43. The molecule has 0 saturated carbocycles. The van der Waals surface area contributed by atoms with Gasteiger partial charge in [0.15, 0.2) is 0 Å². The van der Waals surface area contributed by atoms with E-state index in [1.54, 1.807) is 0 Å². The first-order chi connectivity index (χ1) is 11.7. The average molecular weight is 324 g/mol. The van der Waals surface area contributed by atoms with E-state index in [9.17, 15) is 4.79 Å². The van der Waals surface area contributed by atoms with E-state index in [1.165, 1.54) is 0 Å². The number of carbonyl (C=O) groups is 1. The van der Waals surface area contributed by atoms with Gasteiger partial charge in [0.2, 0.25) is 5.91 Å². The molecule has 1 saturated heterocycles. The number of carbonyl (C=O) groups excluding carboxylic acids is 1. The highest BCUT2D eigenvalue weighted by Crippen LogP contribution is 2.36. The van der Waals surface area contributed by atoms with Crippen molar-refractivity contribution in [1.29, 1.82) is 0 Å². The largest absolute Gasteiger partial charge is 0.388 e. The molecule has 0 bridgehead atoms. The number of amides is 1. The van der Waals surface area contributed by atoms with E-state index in [2.05, 4.69) is 29.4 Å². The zero-order valence-electron chi connectivity index (χ0n) is 14.0. The van der Waals surface area contributed by atoms with Gasteiger partial charge in [0.1, 0.15) is 5.60 Å². The third kappa shape index (κ3) is 3.10. The van der Waals surface area contributed by atoms with Crippen molar-refractivity contribution in [3.63, 3.8) is 0 Å². The lowest BCUT2D eigenvalue weighted by Crippen LogP contribution is -2.47. The van der Waals surface area contributed by atoms with E-state index in [4.69, 9.17) is 4.84 Å². The zero-order valence-corrected chi connectivity index (χ0v) is 14.0. The summed E-state index contributed by atoms with van der Waals surface area (Å²) in [4.78, 5) is 20.3. The van der Waals surface area contributed by atoms with E-state index in [0.29, 0.717) is 18.2 Å². The van der Waals surface area contributed by atoms with Gasteiger partial charge in [0.25, 0.3) is 0 Å². The molecule has 1 amide bonds. The first-order valence-corrected chi connectivity index (χ1v) is 8.99. The first kappa shape index (κ1) is 15.4. The minimum absolute atomic E-state index is 0.199. The predicted octanol–water partition coefficient (Wildman–Crippen LogP) is 3.53. The molecule has 1 fully saturated rings. The Hall–Kier alpha value is -2.10. The number of piperidine rings is 1. The van der Waals surface area contributed by atoms with Crippen LogP contribution >= 0.6 is 0 Å². The lowest BCUT2D eigenvalue weighted by Gasteiger charge is -2.37. The van der Waals surface area contributed by atoms with Gasteiger partial charge in [0.05, 0.1) is 5.71 Å². The molecule has 0 aromatic heterocycles. The summed E-state index contributed by atoms with van der Waals surface area (Å²) in [7, 11) is 0. The summed E-state index contributed by atoms with van der Waals surface area (Å²) >= 11 is 0. The van der Waals surface area contributed by atoms with Crippen LogP contribution in [0.15, 0.2) is 47.6 Å². The van der Waals surface area contributed by atoms with Gasteiger partial charge in [-0.2, -0.15) is 0 Å². The number of benzene rings is 1. The lowest BCUT2D eigenvalue weighted by molar-refractivity contribution is -0.137. The molecular weight excluding hydrogens is 300 g/mol. The SMILES string of the molecule is O=C(C[C@@H]1C=CCC1)N1CCC2(CC1)CC(c1ccccc1)=NO2. The van der Waals surface area contributed by atoms with Crippen LogP contribution in [-0.4, -0.2) is 35.2 Å². The van der Waals surface area contributed by atoms with Crippen molar-refractivity contribution in [2.75, 3.05) is 13.1 Å². The molecule has 1 aliphatic carbocycles. The Morgan fingerprint density at radius 1 is 1.25 bits per heavy atom. The Labute approximate surface area is 143 Å². The standard InChI is InChI=1S/C20H24N2O2/c23-19(14-16-6-4-5-7-16)22-12-10-20(11-13-22)15-18(21-24-20)17-8-2-1-3-9-17/h1-4,6,8-9,16H,5,7,10-15H2/t16-/m1/s1. The molecule has 1 spiro atoms. The number of oxime groups is 1. The van der Waals surface area contributed by atoms with Crippen molar-refractivity contribution in [1.82, 2.24) is 4.90 Å². The zero-order chi connectivity index (χ0) is 16.4. The van der Waals surface area contributed by atoms with Crippen molar-refractivity contribution in [2.45, 2.75) is 44.1 Å². The van der Waals surface area contributed by atoms with Crippen molar-refractivity contribution in [3.8, 4) is 0 Å². The summed E-state index contributed by atoms with van der Waals surface area (Å²) in [6.07, 6.45) is 9.90. The number of likely N-dealkylation sites (tertiary alicyclic amines) is 1. The maximum Gasteiger partial charge on any atom is 0.223 e. The Morgan fingerprint density at radius 2 is 2.04 bits per heavy atom. The molecule has 0 N–H and O–H groups in total. The number of hydrogen-bond acceptors (Lipinski definition) is 3. The lowest BCUT2D eigenvalue weighted by atomic mass is 9.85. The molecule has 0 radical (unpaired) electrons. The minimum atomic E-state index is -0.199. The van der Waals surface area contributed by atoms with E-state index in [1.807, 2.05) is 23.1 Å². The van der Waals surface area contributed by atoms with E-state index in [0.717, 1.165) is 56.5 Å². The van der Waals surface area contributed by atoms with Gasteiger partial charge >= 0.3 is 0 Å². The third-order valence-electron chi connectivity index (χ3n) is 5.52. The van der Waals surface area contributed by atoms with Crippen LogP contribution in [-0.2, 0) is 9.63 Å². The Bertz CT molecular complexity index is 657. The molecule has 3 aliphatic rings. The smallest absolute Gasteiger partial charge is 0.223 e. The number of nitrogens with zero attached hydrogens (tertiary/aromatic N) is 2. The second kappa shape index (κ2) is 6.42. The molecule has 1 aromatic rings. The second-order valence-corrected chi connectivity index (χ2v) is 7.21. The van der Waals surface area contributed by atoms with Gasteiger partial charge < -0.3 is 9.74 Å². The molecule has 1 atom stereocenters. The summed E-state index contributed by atoms with van der Waals surface area (Å²) in [5, 5.41) is 4.34. The fraction of sp³-hybridized carbons (Fsp3) is 0.500. The quantitative estimate of drug-likeness (QED) is 0.798. The summed E-state index contributed by atoms with van der Waals surface area (Å²) in [6, 6.07) is 10.2. The molecule has 4 nitrogen and oxygen atoms in total. The van der Waals surface area contributed by atoms with Crippen LogP contribution in [0.2, 0.25) is 0 Å². The van der Waals surface area contributed by atoms with Crippen molar-refractivity contribution in [3.05, 3.63) is 48.0 Å². The van der Waals surface area contributed by atoms with Gasteiger partial charge in [0, 0.05) is 38.8 Å². The van der Waals surface area contributed by atoms with Crippen molar-refractivity contribution >= 4 is 11.6 Å². The highest BCUT2D eigenvalue weighted by molar-refractivity contribution is 6.01.